The molecule has 2 heterocycles. The zero-order valence-corrected chi connectivity index (χ0v) is 38.8. The summed E-state index contributed by atoms with van der Waals surface area (Å²) < 4.78 is 72.3. The summed E-state index contributed by atoms with van der Waals surface area (Å²) in [5.41, 5.74) is 9.63. The Balaban J connectivity index is 1.58. The highest BCUT2D eigenvalue weighted by molar-refractivity contribution is 7.86. The van der Waals surface area contributed by atoms with Crippen molar-refractivity contribution in [2.45, 2.75) is 103 Å². The van der Waals surface area contributed by atoms with Gasteiger partial charge in [-0.15, -0.1) is 0 Å². The number of ether oxygens (including phenoxy) is 1. The van der Waals surface area contributed by atoms with Gasteiger partial charge in [-0.2, -0.15) is 16.8 Å². The summed E-state index contributed by atoms with van der Waals surface area (Å²) in [7, 11) is -4.58. The van der Waals surface area contributed by atoms with E-state index in [-0.39, 0.29) is 28.4 Å². The third-order valence-electron chi connectivity index (χ3n) is 12.4. The highest BCUT2D eigenvalue weighted by atomic mass is 32.2. The second-order valence-corrected chi connectivity index (χ2v) is 20.6. The highest BCUT2D eigenvalue weighted by Gasteiger charge is 2.41. The predicted octanol–water partition coefficient (Wildman–Crippen LogP) is 8.67. The number of carbonyl (C=O) groups is 1. The molecule has 2 aromatic rings. The maximum absolute atomic E-state index is 12.8. The van der Waals surface area contributed by atoms with Crippen LogP contribution in [0.5, 0.6) is 0 Å². The number of rotatable bonds is 18. The van der Waals surface area contributed by atoms with Crippen LogP contribution < -0.4 is 9.80 Å². The fourth-order valence-corrected chi connectivity index (χ4v) is 10.3. The number of para-hydroxylation sites is 2. The van der Waals surface area contributed by atoms with Crippen molar-refractivity contribution in [3.63, 3.8) is 0 Å². The Kier molecular flexibility index (Phi) is 15.9. The van der Waals surface area contributed by atoms with Crippen LogP contribution in [0.3, 0.4) is 0 Å². The van der Waals surface area contributed by atoms with Crippen LogP contribution in [0.15, 0.2) is 95.4 Å². The zero-order chi connectivity index (χ0) is 44.6. The number of hydrogen-bond acceptors (Lipinski definition) is 8. The molecule has 2 aromatic carbocycles. The van der Waals surface area contributed by atoms with E-state index in [2.05, 4.69) is 117 Å². The highest BCUT2D eigenvalue weighted by Crippen LogP contribution is 2.49. The van der Waals surface area contributed by atoms with Gasteiger partial charge in [0.25, 0.3) is 20.2 Å². The fraction of sp³-hybridized carbons (Fsp3) is 0.532. The lowest BCUT2D eigenvalue weighted by Gasteiger charge is -2.28. The number of nitrogens with zero attached hydrogens (tertiary/aromatic N) is 4. The number of allylic oxidation sites excluding steroid dienone is 8. The van der Waals surface area contributed by atoms with Gasteiger partial charge in [0.2, 0.25) is 5.71 Å². The van der Waals surface area contributed by atoms with Crippen molar-refractivity contribution < 1.29 is 40.0 Å². The Labute approximate surface area is 364 Å². The van der Waals surface area contributed by atoms with E-state index in [0.717, 1.165) is 60.6 Å². The molecular formula is C47H67N4O8S2+. The van der Waals surface area contributed by atoms with E-state index in [4.69, 9.17) is 4.74 Å². The number of carbonyl (C=O) groups excluding carboxylic acids is 1. The molecule has 0 aromatic heterocycles. The summed E-state index contributed by atoms with van der Waals surface area (Å²) >= 11 is 0. The van der Waals surface area contributed by atoms with Crippen LogP contribution in [0.25, 0.3) is 0 Å². The second kappa shape index (κ2) is 20.3. The van der Waals surface area contributed by atoms with Gasteiger partial charge in [-0.1, -0.05) is 89.6 Å². The Morgan fingerprint density at radius 2 is 1.20 bits per heavy atom. The third kappa shape index (κ3) is 11.8. The standard InChI is InChI=1S/C47H66N4O8S2/c1-8-9-29-49(45(52)59-7)33-32-48(6)44-36(25-27-42-46(2,3)38-21-10-12-23-40(38)50(42)30-14-16-34-60(53,54)55)19-18-20-37(44)26-28-43-47(4,5)39-22-11-13-24-41(39)51(43)31-15-17-35-61(56,57)58/h10-13,21-28H,8-9,14-20,29-35H2,1-7H3,(H-,53,54,55,56,57,58)/p+1. The molecule has 2 aliphatic heterocycles. The van der Waals surface area contributed by atoms with E-state index < -0.39 is 20.2 Å². The van der Waals surface area contributed by atoms with Crippen molar-refractivity contribution in [2.75, 3.05) is 68.2 Å². The van der Waals surface area contributed by atoms with Crippen molar-refractivity contribution in [3.05, 3.63) is 107 Å². The molecule has 14 heteroatoms. The summed E-state index contributed by atoms with van der Waals surface area (Å²) in [4.78, 5) is 19.2. The summed E-state index contributed by atoms with van der Waals surface area (Å²) in [5.74, 6) is -0.544. The van der Waals surface area contributed by atoms with Crippen LogP contribution in [0.4, 0.5) is 16.2 Å². The molecule has 61 heavy (non-hydrogen) atoms. The Hall–Kier alpha value is -4.24. The van der Waals surface area contributed by atoms with E-state index in [0.29, 0.717) is 58.4 Å². The van der Waals surface area contributed by atoms with Crippen LogP contribution in [-0.4, -0.2) is 106 Å². The monoisotopic (exact) mass is 879 g/mol. The summed E-state index contributed by atoms with van der Waals surface area (Å²) in [6.07, 6.45) is 15.0. The maximum Gasteiger partial charge on any atom is 0.409 e. The number of fused-ring (bicyclic) bond motifs is 2. The van der Waals surface area contributed by atoms with Crippen molar-refractivity contribution in [1.82, 2.24) is 4.90 Å². The minimum atomic E-state index is -4.05. The zero-order valence-electron chi connectivity index (χ0n) is 37.2. The van der Waals surface area contributed by atoms with Crippen LogP contribution >= 0.6 is 0 Å². The van der Waals surface area contributed by atoms with Crippen molar-refractivity contribution in [2.24, 2.45) is 0 Å². The number of likely N-dealkylation sites (N-methyl/N-ethyl adjacent to an activating group) is 1. The normalized spacial score (nSPS) is 20.7. The van der Waals surface area contributed by atoms with Crippen LogP contribution in [0, 0.1) is 0 Å². The van der Waals surface area contributed by atoms with E-state index in [9.17, 15) is 30.7 Å². The number of methoxy groups -OCH3 is 1. The first-order valence-corrected chi connectivity index (χ1v) is 24.9. The van der Waals surface area contributed by atoms with Gasteiger partial charge in [-0.25, -0.2) is 9.37 Å². The molecule has 0 spiro atoms. The van der Waals surface area contributed by atoms with Crippen molar-refractivity contribution in [3.8, 4) is 0 Å². The van der Waals surface area contributed by atoms with Crippen LogP contribution in [0.1, 0.15) is 104 Å². The number of unbranched alkanes of at least 4 members (excludes halogenated alkanes) is 3. The molecule has 0 saturated heterocycles. The van der Waals surface area contributed by atoms with Crippen LogP contribution in [-0.2, 0) is 35.8 Å². The van der Waals surface area contributed by atoms with Gasteiger partial charge < -0.3 is 19.4 Å². The molecule has 1 fully saturated rings. The third-order valence-corrected chi connectivity index (χ3v) is 14.0. The predicted molar refractivity (Wildman–Crippen MR) is 246 cm³/mol. The van der Waals surface area contributed by atoms with Gasteiger partial charge >= 0.3 is 6.09 Å². The minimum Gasteiger partial charge on any atom is -0.453 e. The van der Waals surface area contributed by atoms with E-state index in [1.54, 1.807) is 4.90 Å². The molecule has 5 rings (SSSR count). The van der Waals surface area contributed by atoms with Gasteiger partial charge in [0.1, 0.15) is 7.05 Å². The molecule has 1 saturated carbocycles. The SMILES string of the molecule is CCCCN(CC[N+](C)=C1C(=CC=C2N(CCCCS(=O)(=O)O)c3ccccc3C2(C)C)CCC/C1=C\C=C1\N(CCCCS(=O)(=O)O)c2ccccc2C1(C)C)C(=O)OC. The minimum absolute atomic E-state index is 0.272. The Morgan fingerprint density at radius 1 is 0.738 bits per heavy atom. The lowest BCUT2D eigenvalue weighted by atomic mass is 9.82. The summed E-state index contributed by atoms with van der Waals surface area (Å²) in [6, 6.07) is 16.7. The molecule has 1 amide bonds. The first-order chi connectivity index (χ1) is 28.8. The largest absolute Gasteiger partial charge is 0.453 e. The molecule has 0 bridgehead atoms. The molecule has 0 atom stereocenters. The second-order valence-electron chi connectivity index (χ2n) is 17.5. The Bertz CT molecular complexity index is 2150. The van der Waals surface area contributed by atoms with E-state index in [1.165, 1.54) is 29.4 Å². The molecule has 2 N–H and O–H groups in total. The summed E-state index contributed by atoms with van der Waals surface area (Å²) in [5, 5.41) is 0. The molecule has 1 aliphatic carbocycles. The quantitative estimate of drug-likeness (QED) is 0.0847. The Morgan fingerprint density at radius 3 is 1.62 bits per heavy atom. The van der Waals surface area contributed by atoms with Crippen molar-refractivity contribution in [1.29, 1.82) is 0 Å². The van der Waals surface area contributed by atoms with Gasteiger partial charge in [0.05, 0.1) is 25.2 Å². The van der Waals surface area contributed by atoms with Gasteiger partial charge in [-0.05, 0) is 86.8 Å². The lowest BCUT2D eigenvalue weighted by molar-refractivity contribution is -0.496. The summed E-state index contributed by atoms with van der Waals surface area (Å²) in [6.45, 7) is 13.9. The van der Waals surface area contributed by atoms with Gasteiger partial charge in [-0.3, -0.25) is 9.11 Å². The number of amides is 1. The maximum atomic E-state index is 12.8. The molecule has 0 radical (unpaired) electrons. The molecular weight excluding hydrogens is 813 g/mol. The van der Waals surface area contributed by atoms with Gasteiger partial charge in [0, 0.05) is 64.4 Å². The first kappa shape index (κ1) is 47.8. The topological polar surface area (TPSA) is 148 Å². The van der Waals surface area contributed by atoms with Crippen molar-refractivity contribution >= 4 is 43.4 Å². The molecule has 0 unspecified atom stereocenters. The average molecular weight is 880 g/mol. The smallest absolute Gasteiger partial charge is 0.409 e. The van der Waals surface area contributed by atoms with E-state index >= 15 is 0 Å². The number of hydrogen-bond donors (Lipinski definition) is 2. The van der Waals surface area contributed by atoms with E-state index in [1.807, 2.05) is 12.1 Å². The van der Waals surface area contributed by atoms with Gasteiger partial charge in [0.15, 0.2) is 6.54 Å². The number of anilines is 2. The molecule has 334 valence electrons. The molecule has 12 nitrogen and oxygen atoms in total. The number of benzene rings is 2. The van der Waals surface area contributed by atoms with Crippen LogP contribution in [0.2, 0.25) is 0 Å². The first-order valence-electron chi connectivity index (χ1n) is 21.7. The fourth-order valence-electron chi connectivity index (χ4n) is 9.11. The lowest BCUT2D eigenvalue weighted by Crippen LogP contribution is -2.38. The molecule has 3 aliphatic rings. The average Bonchev–Trinajstić information content (AvgIpc) is 3.56.